The summed E-state index contributed by atoms with van der Waals surface area (Å²) in [5, 5.41) is 14.2. The van der Waals surface area contributed by atoms with E-state index in [0.29, 0.717) is 17.0 Å². The van der Waals surface area contributed by atoms with E-state index in [2.05, 4.69) is 24.4 Å². The van der Waals surface area contributed by atoms with Gasteiger partial charge in [0.05, 0.1) is 17.5 Å². The maximum Gasteiger partial charge on any atom is 0.199 e. The fraction of sp³-hybridized carbons (Fsp3) is 0.158. The molecule has 0 bridgehead atoms. The molecule has 116 valence electrons. The first-order chi connectivity index (χ1) is 11.1. The molecule has 4 nitrogen and oxygen atoms in total. The van der Waals surface area contributed by atoms with Gasteiger partial charge in [0, 0.05) is 11.1 Å². The van der Waals surface area contributed by atoms with Crippen molar-refractivity contribution >= 4 is 23.4 Å². The van der Waals surface area contributed by atoms with Gasteiger partial charge in [-0.2, -0.15) is 5.10 Å². The summed E-state index contributed by atoms with van der Waals surface area (Å²) in [5.74, 6) is 0.245. The van der Waals surface area contributed by atoms with Crippen molar-refractivity contribution in [3.63, 3.8) is 0 Å². The first-order valence-electron chi connectivity index (χ1n) is 7.54. The summed E-state index contributed by atoms with van der Waals surface area (Å²) in [4.78, 5) is 12.2. The van der Waals surface area contributed by atoms with Crippen LogP contribution in [0.25, 0.3) is 5.76 Å². The zero-order chi connectivity index (χ0) is 16.4. The van der Waals surface area contributed by atoms with Crippen LogP contribution < -0.4 is 5.43 Å². The van der Waals surface area contributed by atoms with E-state index in [0.717, 1.165) is 5.69 Å². The molecule has 0 saturated heterocycles. The molecular formula is C19H18N2O2. The van der Waals surface area contributed by atoms with Gasteiger partial charge in [0.15, 0.2) is 5.78 Å². The summed E-state index contributed by atoms with van der Waals surface area (Å²) in [6.07, 6.45) is 1.37. The van der Waals surface area contributed by atoms with Gasteiger partial charge in [0.1, 0.15) is 5.76 Å². The van der Waals surface area contributed by atoms with E-state index in [1.807, 2.05) is 24.3 Å². The lowest BCUT2D eigenvalue weighted by Crippen LogP contribution is -2.01. The van der Waals surface area contributed by atoms with Crippen LogP contribution in [-0.4, -0.2) is 17.1 Å². The van der Waals surface area contributed by atoms with Gasteiger partial charge in [-0.25, -0.2) is 0 Å². The Hall–Kier alpha value is -2.88. The number of ketones is 1. The molecule has 0 fully saturated rings. The Kier molecular flexibility index (Phi) is 3.98. The second kappa shape index (κ2) is 6.08. The fourth-order valence-electron chi connectivity index (χ4n) is 2.52. The van der Waals surface area contributed by atoms with Crippen LogP contribution in [0.2, 0.25) is 0 Å². The Morgan fingerprint density at radius 3 is 2.30 bits per heavy atom. The van der Waals surface area contributed by atoms with E-state index in [1.54, 1.807) is 24.3 Å². The van der Waals surface area contributed by atoms with E-state index >= 15 is 0 Å². The van der Waals surface area contributed by atoms with Crippen LogP contribution in [-0.2, 0) is 0 Å². The summed E-state index contributed by atoms with van der Waals surface area (Å²) < 4.78 is 0. The van der Waals surface area contributed by atoms with E-state index < -0.39 is 0 Å². The SMILES string of the molecule is CC(C)c1ccc(NN=CC2=C(O)c3ccccc3C2=O)cc1. The van der Waals surface area contributed by atoms with Gasteiger partial charge in [-0.15, -0.1) is 0 Å². The second-order valence-electron chi connectivity index (χ2n) is 5.78. The highest BCUT2D eigenvalue weighted by Gasteiger charge is 2.27. The molecule has 0 saturated carbocycles. The smallest absolute Gasteiger partial charge is 0.199 e. The highest BCUT2D eigenvalue weighted by atomic mass is 16.3. The van der Waals surface area contributed by atoms with Gasteiger partial charge < -0.3 is 5.11 Å². The minimum Gasteiger partial charge on any atom is -0.506 e. The number of hydrogen-bond acceptors (Lipinski definition) is 4. The normalized spacial score (nSPS) is 14.0. The van der Waals surface area contributed by atoms with Gasteiger partial charge in [0.25, 0.3) is 0 Å². The topological polar surface area (TPSA) is 61.7 Å². The van der Waals surface area contributed by atoms with Crippen molar-refractivity contribution in [2.75, 3.05) is 5.43 Å². The lowest BCUT2D eigenvalue weighted by Gasteiger charge is -2.06. The fourth-order valence-corrected chi connectivity index (χ4v) is 2.52. The standard InChI is InChI=1S/C19H18N2O2/c1-12(2)13-7-9-14(10-8-13)21-20-11-17-18(22)15-5-3-4-6-16(15)19(17)23/h3-12,21-22H,1-2H3. The summed E-state index contributed by atoms with van der Waals surface area (Å²) in [6, 6.07) is 14.9. The van der Waals surface area contributed by atoms with Gasteiger partial charge in [-0.1, -0.05) is 50.2 Å². The number of aliphatic hydroxyl groups excluding tert-OH is 1. The molecule has 0 spiro atoms. The van der Waals surface area contributed by atoms with Crippen LogP contribution in [0, 0.1) is 0 Å². The number of benzene rings is 2. The Morgan fingerprint density at radius 2 is 1.70 bits per heavy atom. The molecule has 2 aromatic rings. The van der Waals surface area contributed by atoms with Crippen molar-refractivity contribution in [1.82, 2.24) is 0 Å². The first kappa shape index (κ1) is 15.0. The molecule has 4 heteroatoms. The molecule has 0 amide bonds. The van der Waals surface area contributed by atoms with Crippen LogP contribution in [0.15, 0.2) is 59.2 Å². The zero-order valence-corrected chi connectivity index (χ0v) is 13.1. The number of hydrazone groups is 1. The lowest BCUT2D eigenvalue weighted by molar-refractivity contribution is 0.104. The average Bonchev–Trinajstić information content (AvgIpc) is 2.81. The quantitative estimate of drug-likeness (QED) is 0.651. The Balaban J connectivity index is 1.74. The van der Waals surface area contributed by atoms with Crippen LogP contribution in [0.5, 0.6) is 0 Å². The largest absolute Gasteiger partial charge is 0.506 e. The monoisotopic (exact) mass is 306 g/mol. The van der Waals surface area contributed by atoms with Crippen molar-refractivity contribution in [2.45, 2.75) is 19.8 Å². The highest BCUT2D eigenvalue weighted by Crippen LogP contribution is 2.29. The predicted molar refractivity (Wildman–Crippen MR) is 93.0 cm³/mol. The van der Waals surface area contributed by atoms with Crippen LogP contribution in [0.3, 0.4) is 0 Å². The van der Waals surface area contributed by atoms with Crippen LogP contribution >= 0.6 is 0 Å². The third-order valence-corrected chi connectivity index (χ3v) is 3.89. The highest BCUT2D eigenvalue weighted by molar-refractivity contribution is 6.30. The molecule has 0 radical (unpaired) electrons. The van der Waals surface area contributed by atoms with Crippen molar-refractivity contribution in [3.8, 4) is 0 Å². The molecule has 1 aliphatic rings. The molecule has 2 N–H and O–H groups in total. The molecule has 3 rings (SSSR count). The number of carbonyl (C=O) groups is 1. The number of hydrogen-bond donors (Lipinski definition) is 2. The van der Waals surface area contributed by atoms with Crippen molar-refractivity contribution in [1.29, 1.82) is 0 Å². The van der Waals surface area contributed by atoms with E-state index in [4.69, 9.17) is 0 Å². The molecule has 0 unspecified atom stereocenters. The summed E-state index contributed by atoms with van der Waals surface area (Å²) in [6.45, 7) is 4.28. The Bertz CT molecular complexity index is 802. The van der Waals surface area contributed by atoms with Gasteiger partial charge in [-0.3, -0.25) is 10.2 Å². The summed E-state index contributed by atoms with van der Waals surface area (Å²) in [5.41, 5.74) is 6.23. The lowest BCUT2D eigenvalue weighted by atomic mass is 10.0. The van der Waals surface area contributed by atoms with Crippen molar-refractivity contribution < 1.29 is 9.90 Å². The molecule has 2 aromatic carbocycles. The van der Waals surface area contributed by atoms with E-state index in [9.17, 15) is 9.90 Å². The average molecular weight is 306 g/mol. The molecule has 23 heavy (non-hydrogen) atoms. The molecule has 0 atom stereocenters. The van der Waals surface area contributed by atoms with Gasteiger partial charge >= 0.3 is 0 Å². The number of anilines is 1. The Morgan fingerprint density at radius 1 is 1.04 bits per heavy atom. The minimum atomic E-state index is -0.209. The second-order valence-corrected chi connectivity index (χ2v) is 5.78. The number of rotatable bonds is 4. The van der Waals surface area contributed by atoms with Crippen LogP contribution in [0.1, 0.15) is 41.3 Å². The van der Waals surface area contributed by atoms with Gasteiger partial charge in [0.2, 0.25) is 0 Å². The third kappa shape index (κ3) is 2.88. The minimum absolute atomic E-state index is 0.0219. The first-order valence-corrected chi connectivity index (χ1v) is 7.54. The number of fused-ring (bicyclic) bond motifs is 1. The molecule has 0 aliphatic heterocycles. The maximum absolute atomic E-state index is 12.2. The van der Waals surface area contributed by atoms with Crippen molar-refractivity contribution in [2.24, 2.45) is 5.10 Å². The molecule has 1 aliphatic carbocycles. The van der Waals surface area contributed by atoms with Gasteiger partial charge in [-0.05, 0) is 23.6 Å². The summed E-state index contributed by atoms with van der Waals surface area (Å²) in [7, 11) is 0. The Labute approximate surface area is 135 Å². The number of aliphatic hydroxyl groups is 1. The van der Waals surface area contributed by atoms with Crippen LogP contribution in [0.4, 0.5) is 5.69 Å². The predicted octanol–water partition coefficient (Wildman–Crippen LogP) is 4.37. The molecule has 0 heterocycles. The third-order valence-electron chi connectivity index (χ3n) is 3.89. The molecular weight excluding hydrogens is 288 g/mol. The van der Waals surface area contributed by atoms with E-state index in [1.165, 1.54) is 11.8 Å². The number of Topliss-reactive ketones (excluding diaryl/α,β-unsaturated/α-hetero) is 1. The number of allylic oxidation sites excluding steroid dienone is 1. The number of carbonyl (C=O) groups excluding carboxylic acids is 1. The molecule has 0 aromatic heterocycles. The summed E-state index contributed by atoms with van der Waals surface area (Å²) >= 11 is 0. The number of nitrogens with zero attached hydrogens (tertiary/aromatic N) is 1. The number of nitrogens with one attached hydrogen (secondary N) is 1. The maximum atomic E-state index is 12.2. The zero-order valence-electron chi connectivity index (χ0n) is 13.1. The van der Waals surface area contributed by atoms with E-state index in [-0.39, 0.29) is 17.1 Å². The van der Waals surface area contributed by atoms with Crippen molar-refractivity contribution in [3.05, 3.63) is 70.8 Å².